The topological polar surface area (TPSA) is 54.8 Å². The van der Waals surface area contributed by atoms with Crippen LogP contribution in [-0.4, -0.2) is 46.4 Å². The predicted molar refractivity (Wildman–Crippen MR) is 185 cm³/mol. The number of hydrogen-bond acceptors (Lipinski definition) is 3. The van der Waals surface area contributed by atoms with Crippen molar-refractivity contribution in [3.05, 3.63) is 89.7 Å². The molecule has 2 aromatic carbocycles. The maximum absolute atomic E-state index is 14.0. The first kappa shape index (κ1) is 35.9. The quantitative estimate of drug-likeness (QED) is 0.106. The van der Waals surface area contributed by atoms with E-state index >= 15 is 0 Å². The molecule has 246 valence electrons. The number of rotatable bonds is 22. The lowest BCUT2D eigenvalue weighted by molar-refractivity contribution is -0.141. The fourth-order valence-corrected chi connectivity index (χ4v) is 5.66. The van der Waals surface area contributed by atoms with E-state index in [0.717, 1.165) is 41.8 Å². The number of methoxy groups -OCH3 is 1. The highest BCUT2D eigenvalue weighted by molar-refractivity contribution is 5.84. The molecule has 0 aliphatic rings. The summed E-state index contributed by atoms with van der Waals surface area (Å²) >= 11 is 0. The lowest BCUT2D eigenvalue weighted by Crippen LogP contribution is -2.43. The Balaban J connectivity index is 1.66. The van der Waals surface area contributed by atoms with Crippen molar-refractivity contribution in [2.24, 2.45) is 5.92 Å². The molecule has 0 atom stereocenters. The minimum Gasteiger partial charge on any atom is -0.497 e. The highest BCUT2D eigenvalue weighted by atomic mass is 16.5. The molecule has 6 heteroatoms. The molecule has 0 saturated carbocycles. The predicted octanol–water partition coefficient (Wildman–Crippen LogP) is 8.87. The number of amides is 2. The fourth-order valence-electron chi connectivity index (χ4n) is 5.66. The van der Waals surface area contributed by atoms with Crippen LogP contribution in [0.5, 0.6) is 5.75 Å². The van der Waals surface area contributed by atoms with Gasteiger partial charge in [-0.2, -0.15) is 0 Å². The Kier molecular flexibility index (Phi) is 16.4. The number of aromatic nitrogens is 1. The van der Waals surface area contributed by atoms with E-state index in [-0.39, 0.29) is 18.4 Å². The Morgan fingerprint density at radius 3 is 2.13 bits per heavy atom. The molecule has 0 fully saturated rings. The number of ether oxygens (including phenoxy) is 1. The molecule has 0 aliphatic carbocycles. The molecule has 0 N–H and O–H groups in total. The van der Waals surface area contributed by atoms with Gasteiger partial charge in [0.2, 0.25) is 11.8 Å². The van der Waals surface area contributed by atoms with Gasteiger partial charge in [0.05, 0.1) is 20.2 Å². The summed E-state index contributed by atoms with van der Waals surface area (Å²) in [6, 6.07) is 22.3. The number of unbranched alkanes of at least 4 members (excludes halogenated alkanes) is 8. The Morgan fingerprint density at radius 2 is 1.44 bits per heavy atom. The van der Waals surface area contributed by atoms with Crippen molar-refractivity contribution in [1.29, 1.82) is 0 Å². The second-order valence-corrected chi connectivity index (χ2v) is 12.8. The van der Waals surface area contributed by atoms with Gasteiger partial charge in [0.25, 0.3) is 0 Å². The molecular formula is C39H57N3O3. The van der Waals surface area contributed by atoms with E-state index in [2.05, 4.69) is 55.8 Å². The van der Waals surface area contributed by atoms with Gasteiger partial charge in [0.1, 0.15) is 5.75 Å². The molecule has 45 heavy (non-hydrogen) atoms. The third kappa shape index (κ3) is 13.5. The summed E-state index contributed by atoms with van der Waals surface area (Å²) in [6.45, 7) is 8.97. The number of hydrogen-bond donors (Lipinski definition) is 0. The van der Waals surface area contributed by atoms with Crippen LogP contribution in [-0.2, 0) is 29.2 Å². The van der Waals surface area contributed by atoms with Crippen LogP contribution in [0.15, 0.2) is 72.9 Å². The zero-order chi connectivity index (χ0) is 32.3. The van der Waals surface area contributed by atoms with Gasteiger partial charge >= 0.3 is 0 Å². The molecule has 0 saturated heterocycles. The maximum atomic E-state index is 14.0. The molecule has 1 heterocycles. The van der Waals surface area contributed by atoms with Gasteiger partial charge in [-0.1, -0.05) is 115 Å². The van der Waals surface area contributed by atoms with Crippen LogP contribution >= 0.6 is 0 Å². The molecule has 3 rings (SSSR count). The molecule has 2 amide bonds. The van der Waals surface area contributed by atoms with Crippen molar-refractivity contribution in [2.75, 3.05) is 20.2 Å². The average Bonchev–Trinajstić information content (AvgIpc) is 3.48. The van der Waals surface area contributed by atoms with E-state index in [0.29, 0.717) is 38.5 Å². The van der Waals surface area contributed by atoms with Crippen molar-refractivity contribution in [1.82, 2.24) is 14.4 Å². The second-order valence-electron chi connectivity index (χ2n) is 12.8. The van der Waals surface area contributed by atoms with Gasteiger partial charge in [0.15, 0.2) is 0 Å². The summed E-state index contributed by atoms with van der Waals surface area (Å²) in [6.07, 6.45) is 14.4. The molecule has 0 spiro atoms. The smallest absolute Gasteiger partial charge is 0.242 e. The summed E-state index contributed by atoms with van der Waals surface area (Å²) in [5, 5.41) is 0. The Labute approximate surface area is 272 Å². The average molecular weight is 616 g/mol. The normalized spacial score (nSPS) is 11.1. The van der Waals surface area contributed by atoms with Gasteiger partial charge in [-0.3, -0.25) is 9.59 Å². The largest absolute Gasteiger partial charge is 0.497 e. The van der Waals surface area contributed by atoms with Gasteiger partial charge < -0.3 is 19.1 Å². The van der Waals surface area contributed by atoms with Crippen molar-refractivity contribution in [3.63, 3.8) is 0 Å². The van der Waals surface area contributed by atoms with Crippen LogP contribution in [0.4, 0.5) is 0 Å². The Bertz CT molecular complexity index is 1250. The lowest BCUT2D eigenvalue weighted by atomic mass is 10.1. The third-order valence-electron chi connectivity index (χ3n) is 8.48. The first-order chi connectivity index (χ1) is 21.9. The van der Waals surface area contributed by atoms with Crippen molar-refractivity contribution < 1.29 is 14.3 Å². The minimum atomic E-state index is -0.0165. The van der Waals surface area contributed by atoms with Gasteiger partial charge in [-0.25, -0.2) is 0 Å². The van der Waals surface area contributed by atoms with E-state index in [9.17, 15) is 9.59 Å². The number of benzene rings is 2. The Hall–Kier alpha value is -3.54. The van der Waals surface area contributed by atoms with Gasteiger partial charge in [-0.05, 0) is 54.2 Å². The second kappa shape index (κ2) is 20.5. The van der Waals surface area contributed by atoms with Crippen molar-refractivity contribution in [2.45, 2.75) is 111 Å². The van der Waals surface area contributed by atoms with Crippen molar-refractivity contribution >= 4 is 11.8 Å². The van der Waals surface area contributed by atoms with E-state index in [1.807, 2.05) is 52.3 Å². The number of carbonyl (C=O) groups is 2. The molecular weight excluding hydrogens is 558 g/mol. The summed E-state index contributed by atoms with van der Waals surface area (Å²) < 4.78 is 7.61. The summed E-state index contributed by atoms with van der Waals surface area (Å²) in [4.78, 5) is 31.2. The molecule has 0 unspecified atom stereocenters. The van der Waals surface area contributed by atoms with Crippen LogP contribution in [0, 0.1) is 5.92 Å². The highest BCUT2D eigenvalue weighted by Crippen LogP contribution is 2.18. The SMILES string of the molecule is CCCCCCCCCCCC(=O)N(CCC(C)C)CC(=O)N(Cc1ccccc1)Cc1cccn1Cc1cccc(OC)c1. The van der Waals surface area contributed by atoms with Crippen molar-refractivity contribution in [3.8, 4) is 5.75 Å². The summed E-state index contributed by atoms with van der Waals surface area (Å²) in [5.74, 6) is 1.38. The zero-order valence-corrected chi connectivity index (χ0v) is 28.4. The van der Waals surface area contributed by atoms with Crippen LogP contribution in [0.2, 0.25) is 0 Å². The van der Waals surface area contributed by atoms with Crippen LogP contribution in [0.3, 0.4) is 0 Å². The van der Waals surface area contributed by atoms with E-state index < -0.39 is 0 Å². The van der Waals surface area contributed by atoms with Gasteiger partial charge in [0, 0.05) is 37.9 Å². The zero-order valence-electron chi connectivity index (χ0n) is 28.4. The molecule has 6 nitrogen and oxygen atoms in total. The van der Waals surface area contributed by atoms with Gasteiger partial charge in [-0.15, -0.1) is 0 Å². The molecule has 0 radical (unpaired) electrons. The summed E-state index contributed by atoms with van der Waals surface area (Å²) in [7, 11) is 1.68. The standard InChI is InChI=1S/C39H57N3O3/c1-5-6-7-8-9-10-11-12-16-24-38(43)41(27-25-33(2)3)32-39(44)42(29-34-19-14-13-15-20-34)31-36-22-18-26-40(36)30-35-21-17-23-37(28-35)45-4/h13-15,17-23,26,28,33H,5-12,16,24-25,27,29-32H2,1-4H3. The van der Waals surface area contributed by atoms with E-state index in [4.69, 9.17) is 4.74 Å². The molecule has 3 aromatic rings. The Morgan fingerprint density at radius 1 is 0.756 bits per heavy atom. The lowest BCUT2D eigenvalue weighted by Gasteiger charge is -2.29. The monoisotopic (exact) mass is 615 g/mol. The molecule has 0 aliphatic heterocycles. The van der Waals surface area contributed by atoms with E-state index in [1.165, 1.54) is 44.9 Å². The van der Waals surface area contributed by atoms with Crippen LogP contribution in [0.1, 0.15) is 108 Å². The van der Waals surface area contributed by atoms with Crippen LogP contribution < -0.4 is 4.74 Å². The third-order valence-corrected chi connectivity index (χ3v) is 8.48. The first-order valence-electron chi connectivity index (χ1n) is 17.3. The molecule has 1 aromatic heterocycles. The van der Waals surface area contributed by atoms with E-state index in [1.54, 1.807) is 7.11 Å². The molecule has 0 bridgehead atoms. The number of carbonyl (C=O) groups excluding carboxylic acids is 2. The maximum Gasteiger partial charge on any atom is 0.242 e. The fraction of sp³-hybridized carbons (Fsp3) is 0.538. The summed E-state index contributed by atoms with van der Waals surface area (Å²) in [5.41, 5.74) is 3.26. The first-order valence-corrected chi connectivity index (χ1v) is 17.3. The number of nitrogens with zero attached hydrogens (tertiary/aromatic N) is 3. The van der Waals surface area contributed by atoms with Crippen LogP contribution in [0.25, 0.3) is 0 Å². The minimum absolute atomic E-state index is 0.0165. The highest BCUT2D eigenvalue weighted by Gasteiger charge is 2.23.